The molecule has 3 aromatic rings. The summed E-state index contributed by atoms with van der Waals surface area (Å²) < 4.78 is 1.34. The highest BCUT2D eigenvalue weighted by Gasteiger charge is 2.11. The van der Waals surface area contributed by atoms with Crippen molar-refractivity contribution in [1.82, 2.24) is 24.7 Å². The Labute approximate surface area is 151 Å². The average molecular weight is 372 g/mol. The number of nitrogens with one attached hydrogen (secondary N) is 3. The molecule has 0 saturated carbocycles. The van der Waals surface area contributed by atoms with Crippen LogP contribution in [0.4, 0.5) is 5.82 Å². The van der Waals surface area contributed by atoms with E-state index in [1.54, 1.807) is 0 Å². The lowest BCUT2D eigenvalue weighted by Gasteiger charge is -2.12. The number of hydrogen-bond donors (Lipinski definition) is 3. The molecule has 1 amide bonds. The first-order chi connectivity index (χ1) is 12.6. The molecule has 0 saturated heterocycles. The first-order valence-electron chi connectivity index (χ1n) is 7.78. The highest BCUT2D eigenvalue weighted by atomic mass is 32.2. The van der Waals surface area contributed by atoms with Gasteiger partial charge in [0.2, 0.25) is 5.91 Å². The maximum atomic E-state index is 12.1. The van der Waals surface area contributed by atoms with Gasteiger partial charge in [-0.15, -0.1) is 0 Å². The van der Waals surface area contributed by atoms with Gasteiger partial charge in [-0.05, 0) is 12.0 Å². The summed E-state index contributed by atoms with van der Waals surface area (Å²) in [6.45, 7) is 0.324. The van der Waals surface area contributed by atoms with E-state index in [2.05, 4.69) is 25.5 Å². The lowest BCUT2D eigenvalue weighted by Crippen LogP contribution is -2.33. The number of carbonyl (C=O) groups is 1. The molecule has 9 nitrogen and oxygen atoms in total. The van der Waals surface area contributed by atoms with Crippen LogP contribution in [-0.4, -0.2) is 36.4 Å². The number of H-pyrrole nitrogens is 2. The van der Waals surface area contributed by atoms with E-state index in [9.17, 15) is 14.4 Å². The Morgan fingerprint density at radius 1 is 1.23 bits per heavy atom. The molecule has 2 aromatic heterocycles. The fourth-order valence-electron chi connectivity index (χ4n) is 2.31. The van der Waals surface area contributed by atoms with Crippen LogP contribution >= 0.6 is 11.8 Å². The summed E-state index contributed by atoms with van der Waals surface area (Å²) in [5.74, 6) is -0.128. The summed E-state index contributed by atoms with van der Waals surface area (Å²) in [6.07, 6.45) is 1.93. The molecule has 0 fully saturated rings. The van der Waals surface area contributed by atoms with E-state index in [4.69, 9.17) is 0 Å². The molecule has 3 N–H and O–H groups in total. The van der Waals surface area contributed by atoms with Gasteiger partial charge in [0.25, 0.3) is 5.56 Å². The van der Waals surface area contributed by atoms with Crippen molar-refractivity contribution in [3.63, 3.8) is 0 Å². The smallest absolute Gasteiger partial charge is 0.311 e. The first-order valence-corrected chi connectivity index (χ1v) is 8.76. The highest BCUT2D eigenvalue weighted by molar-refractivity contribution is 7.99. The molecule has 10 heteroatoms. The molecule has 3 rings (SSSR count). The summed E-state index contributed by atoms with van der Waals surface area (Å²) in [6, 6.07) is 10.8. The number of benzene rings is 1. The Balaban J connectivity index is 1.71. The molecule has 134 valence electrons. The van der Waals surface area contributed by atoms with Gasteiger partial charge in [0, 0.05) is 12.6 Å². The topological polar surface area (TPSA) is 126 Å². The molecule has 0 bridgehead atoms. The van der Waals surface area contributed by atoms with Gasteiger partial charge in [-0.2, -0.15) is 5.10 Å². The van der Waals surface area contributed by atoms with Crippen molar-refractivity contribution >= 4 is 23.5 Å². The Kier molecular flexibility index (Phi) is 5.64. The zero-order chi connectivity index (χ0) is 18.4. The maximum Gasteiger partial charge on any atom is 0.329 e. The van der Waals surface area contributed by atoms with E-state index in [0.717, 1.165) is 17.3 Å². The Morgan fingerprint density at radius 3 is 2.77 bits per heavy atom. The molecule has 0 aliphatic rings. The average Bonchev–Trinajstić information content (AvgIpc) is 3.13. The van der Waals surface area contributed by atoms with Crippen molar-refractivity contribution in [2.75, 3.05) is 11.1 Å². The van der Waals surface area contributed by atoms with E-state index in [0.29, 0.717) is 18.1 Å². The highest BCUT2D eigenvalue weighted by Crippen LogP contribution is 2.11. The Morgan fingerprint density at radius 2 is 2.04 bits per heavy atom. The van der Waals surface area contributed by atoms with Crippen LogP contribution in [0.2, 0.25) is 0 Å². The molecule has 0 aliphatic carbocycles. The van der Waals surface area contributed by atoms with Crippen molar-refractivity contribution in [2.45, 2.75) is 18.1 Å². The number of aryl methyl sites for hydroxylation is 1. The molecule has 1 aromatic carbocycles. The standard InChI is InChI=1S/C16H16N6O3S/c23-13-8-12(19-14(24)9-26-15-17-10-18-21-15)22(16(25)20-13)7-6-11-4-2-1-3-5-11/h1-5,8,10H,6-7,9H2,(H,19,24)(H,17,18,21)(H,20,23,25). The number of amides is 1. The Hall–Kier alpha value is -3.14. The molecule has 0 unspecified atom stereocenters. The summed E-state index contributed by atoms with van der Waals surface area (Å²) >= 11 is 1.16. The minimum Gasteiger partial charge on any atom is -0.311 e. The summed E-state index contributed by atoms with van der Waals surface area (Å²) in [4.78, 5) is 42.0. The fourth-order valence-corrected chi connectivity index (χ4v) is 2.89. The van der Waals surface area contributed by atoms with Gasteiger partial charge in [0.1, 0.15) is 12.1 Å². The van der Waals surface area contributed by atoms with Crippen molar-refractivity contribution in [2.24, 2.45) is 0 Å². The molecule has 0 atom stereocenters. The van der Waals surface area contributed by atoms with Crippen LogP contribution in [0.15, 0.2) is 57.5 Å². The van der Waals surface area contributed by atoms with Crippen molar-refractivity contribution < 1.29 is 4.79 Å². The van der Waals surface area contributed by atoms with Crippen LogP contribution in [0.1, 0.15) is 5.56 Å². The maximum absolute atomic E-state index is 12.1. The van der Waals surface area contributed by atoms with E-state index >= 15 is 0 Å². The minimum atomic E-state index is -0.566. The van der Waals surface area contributed by atoms with Crippen LogP contribution in [0.5, 0.6) is 0 Å². The lowest BCUT2D eigenvalue weighted by molar-refractivity contribution is -0.113. The van der Waals surface area contributed by atoms with E-state index in [1.165, 1.54) is 17.0 Å². The van der Waals surface area contributed by atoms with E-state index in [1.807, 2.05) is 30.3 Å². The number of rotatable bonds is 7. The summed E-state index contributed by atoms with van der Waals surface area (Å²) in [7, 11) is 0. The number of nitrogens with zero attached hydrogens (tertiary/aromatic N) is 3. The van der Waals surface area contributed by atoms with Crippen molar-refractivity contribution in [3.05, 3.63) is 69.1 Å². The van der Waals surface area contributed by atoms with Gasteiger partial charge in [0.15, 0.2) is 5.16 Å². The van der Waals surface area contributed by atoms with Gasteiger partial charge < -0.3 is 5.32 Å². The quantitative estimate of drug-likeness (QED) is 0.522. The molecular formula is C16H16N6O3S. The number of carbonyl (C=O) groups excluding carboxylic acids is 1. The van der Waals surface area contributed by atoms with E-state index < -0.39 is 11.2 Å². The van der Waals surface area contributed by atoms with Gasteiger partial charge in [-0.25, -0.2) is 9.78 Å². The van der Waals surface area contributed by atoms with Crippen molar-refractivity contribution in [3.8, 4) is 0 Å². The number of aromatic nitrogens is 5. The molecular weight excluding hydrogens is 356 g/mol. The third-order valence-corrected chi connectivity index (χ3v) is 4.38. The normalized spacial score (nSPS) is 10.6. The van der Waals surface area contributed by atoms with Crippen LogP contribution in [-0.2, 0) is 17.8 Å². The molecule has 0 aliphatic heterocycles. The second-order valence-electron chi connectivity index (χ2n) is 5.34. The van der Waals surface area contributed by atoms with Crippen LogP contribution in [0.3, 0.4) is 0 Å². The van der Waals surface area contributed by atoms with Gasteiger partial charge in [-0.1, -0.05) is 42.1 Å². The summed E-state index contributed by atoms with van der Waals surface area (Å²) in [5, 5.41) is 9.45. The van der Waals surface area contributed by atoms with Gasteiger partial charge >= 0.3 is 5.69 Å². The number of thioether (sulfide) groups is 1. The van der Waals surface area contributed by atoms with Crippen molar-refractivity contribution in [1.29, 1.82) is 0 Å². The second-order valence-corrected chi connectivity index (χ2v) is 6.30. The number of aromatic amines is 2. The Bertz CT molecular complexity index is 981. The minimum absolute atomic E-state index is 0.0644. The van der Waals surface area contributed by atoms with Crippen LogP contribution in [0, 0.1) is 0 Å². The zero-order valence-electron chi connectivity index (χ0n) is 13.6. The largest absolute Gasteiger partial charge is 0.329 e. The van der Waals surface area contributed by atoms with Gasteiger partial charge in [-0.3, -0.25) is 24.2 Å². The third-order valence-electron chi connectivity index (χ3n) is 3.50. The number of anilines is 1. The molecule has 0 radical (unpaired) electrons. The summed E-state index contributed by atoms with van der Waals surface area (Å²) in [5.41, 5.74) is -0.0838. The predicted molar refractivity (Wildman–Crippen MR) is 97.2 cm³/mol. The predicted octanol–water partition coefficient (Wildman–Crippen LogP) is 0.628. The molecule has 26 heavy (non-hydrogen) atoms. The third kappa shape index (κ3) is 4.70. The molecule has 0 spiro atoms. The van der Waals surface area contributed by atoms with Crippen LogP contribution < -0.4 is 16.6 Å². The number of hydrogen-bond acceptors (Lipinski definition) is 6. The molecule has 2 heterocycles. The monoisotopic (exact) mass is 372 g/mol. The first kappa shape index (κ1) is 17.7. The van der Waals surface area contributed by atoms with Gasteiger partial charge in [0.05, 0.1) is 5.75 Å². The fraction of sp³-hybridized carbons (Fsp3) is 0.188. The lowest BCUT2D eigenvalue weighted by atomic mass is 10.1. The van der Waals surface area contributed by atoms with Crippen LogP contribution in [0.25, 0.3) is 0 Å². The zero-order valence-corrected chi connectivity index (χ0v) is 14.5. The van der Waals surface area contributed by atoms with E-state index in [-0.39, 0.29) is 17.5 Å². The SMILES string of the molecule is O=C(CSc1ncn[nH]1)Nc1cc(=O)[nH]c(=O)n1CCc1ccccc1. The second kappa shape index (κ2) is 8.30.